The van der Waals surface area contributed by atoms with Crippen molar-refractivity contribution in [3.63, 3.8) is 0 Å². The van der Waals surface area contributed by atoms with Crippen molar-refractivity contribution in [2.24, 2.45) is 12.0 Å². The number of para-hydroxylation sites is 1. The first-order valence-corrected chi connectivity index (χ1v) is 9.79. The lowest BCUT2D eigenvalue weighted by Crippen LogP contribution is -2.39. The van der Waals surface area contributed by atoms with E-state index in [4.69, 9.17) is 16.3 Å². The number of aromatic nitrogens is 3. The Morgan fingerprint density at radius 3 is 2.50 bits per heavy atom. The number of aliphatic imine (C=N–C) groups is 1. The smallest absolute Gasteiger partial charge is 0.192 e. The van der Waals surface area contributed by atoms with Crippen molar-refractivity contribution in [1.29, 1.82) is 0 Å². The highest BCUT2D eigenvalue weighted by molar-refractivity contribution is 14.0. The highest BCUT2D eigenvalue weighted by Crippen LogP contribution is 2.22. The average Bonchev–Trinajstić information content (AvgIpc) is 3.06. The predicted octanol–water partition coefficient (Wildman–Crippen LogP) is 3.71. The molecule has 9 heteroatoms. The van der Waals surface area contributed by atoms with Gasteiger partial charge in [0.15, 0.2) is 11.8 Å². The number of rotatable bonds is 8. The van der Waals surface area contributed by atoms with Crippen LogP contribution in [-0.4, -0.2) is 33.9 Å². The minimum atomic E-state index is 0. The van der Waals surface area contributed by atoms with Crippen LogP contribution in [0, 0.1) is 6.92 Å². The number of guanidine groups is 1. The molecule has 3 aromatic rings. The highest BCUT2D eigenvalue weighted by atomic mass is 127. The summed E-state index contributed by atoms with van der Waals surface area (Å²) in [5.41, 5.74) is 1.13. The second kappa shape index (κ2) is 12.4. The van der Waals surface area contributed by atoms with Crippen molar-refractivity contribution in [3.05, 3.63) is 76.8 Å². The summed E-state index contributed by atoms with van der Waals surface area (Å²) < 4.78 is 7.68. The molecule has 1 aromatic heterocycles. The molecule has 0 aliphatic rings. The van der Waals surface area contributed by atoms with Crippen LogP contribution < -0.4 is 15.4 Å². The van der Waals surface area contributed by atoms with Gasteiger partial charge >= 0.3 is 0 Å². The Bertz CT molecular complexity index is 948. The molecule has 0 bridgehead atoms. The van der Waals surface area contributed by atoms with E-state index >= 15 is 0 Å². The molecule has 0 amide bonds. The molecule has 2 N–H and O–H groups in total. The summed E-state index contributed by atoms with van der Waals surface area (Å²) in [6.07, 6.45) is 0. The normalized spacial score (nSPS) is 11.0. The molecule has 0 atom stereocenters. The number of hydrogen-bond acceptors (Lipinski definition) is 4. The molecule has 160 valence electrons. The number of nitrogens with zero attached hydrogens (tertiary/aromatic N) is 4. The van der Waals surface area contributed by atoms with Crippen LogP contribution in [0.3, 0.4) is 0 Å². The lowest BCUT2D eigenvalue weighted by atomic mass is 10.2. The summed E-state index contributed by atoms with van der Waals surface area (Å²) in [7, 11) is 1.94. The maximum Gasteiger partial charge on any atom is 0.192 e. The lowest BCUT2D eigenvalue weighted by Gasteiger charge is -2.13. The zero-order chi connectivity index (χ0) is 20.5. The third kappa shape index (κ3) is 7.17. The summed E-state index contributed by atoms with van der Waals surface area (Å²) in [6, 6.07) is 17.5. The van der Waals surface area contributed by atoms with E-state index in [1.807, 2.05) is 73.1 Å². The quantitative estimate of drug-likeness (QED) is 0.197. The van der Waals surface area contributed by atoms with Gasteiger partial charge in [0, 0.05) is 7.05 Å². The monoisotopic (exact) mass is 540 g/mol. The molecule has 0 unspecified atom stereocenters. The van der Waals surface area contributed by atoms with Gasteiger partial charge in [-0.2, -0.15) is 0 Å². The molecule has 2 aromatic carbocycles. The van der Waals surface area contributed by atoms with Gasteiger partial charge in [-0.05, 0) is 24.6 Å². The molecule has 3 rings (SSSR count). The molecule has 0 radical (unpaired) electrons. The van der Waals surface area contributed by atoms with Gasteiger partial charge in [-0.15, -0.1) is 34.2 Å². The van der Waals surface area contributed by atoms with Crippen LogP contribution in [0.2, 0.25) is 5.02 Å². The van der Waals surface area contributed by atoms with Gasteiger partial charge < -0.3 is 19.9 Å². The first-order chi connectivity index (χ1) is 14.1. The SMILES string of the molecule is Cc1nnc(CNC(=NCc2ccccc2)NCCOc2ccccc2Cl)n1C.I. The number of hydrogen-bond donors (Lipinski definition) is 2. The Balaban J connectivity index is 0.00000320. The van der Waals surface area contributed by atoms with Gasteiger partial charge in [0.2, 0.25) is 0 Å². The third-order valence-corrected chi connectivity index (χ3v) is 4.66. The van der Waals surface area contributed by atoms with E-state index in [1.165, 1.54) is 0 Å². The molecular weight excluding hydrogens is 515 g/mol. The van der Waals surface area contributed by atoms with Crippen LogP contribution in [0.15, 0.2) is 59.6 Å². The first kappa shape index (κ1) is 23.9. The van der Waals surface area contributed by atoms with Crippen molar-refractivity contribution in [2.75, 3.05) is 13.2 Å². The fourth-order valence-electron chi connectivity index (χ4n) is 2.59. The Labute approximate surface area is 198 Å². The fourth-order valence-corrected chi connectivity index (χ4v) is 2.78. The molecule has 7 nitrogen and oxygen atoms in total. The van der Waals surface area contributed by atoms with Crippen molar-refractivity contribution in [2.45, 2.75) is 20.0 Å². The molecular formula is C21H26ClIN6O. The van der Waals surface area contributed by atoms with E-state index in [1.54, 1.807) is 0 Å². The Hall–Kier alpha value is -2.33. The van der Waals surface area contributed by atoms with E-state index in [-0.39, 0.29) is 24.0 Å². The Kier molecular flexibility index (Phi) is 9.88. The van der Waals surface area contributed by atoms with Gasteiger partial charge in [0.1, 0.15) is 18.2 Å². The molecule has 30 heavy (non-hydrogen) atoms. The van der Waals surface area contributed by atoms with E-state index in [9.17, 15) is 0 Å². The van der Waals surface area contributed by atoms with Crippen LogP contribution in [0.5, 0.6) is 5.75 Å². The molecule has 0 saturated heterocycles. The highest BCUT2D eigenvalue weighted by Gasteiger charge is 2.07. The molecule has 1 heterocycles. The standard InChI is InChI=1S/C21H25ClN6O.HI/c1-16-26-27-20(28(16)2)15-25-21(24-14-17-8-4-3-5-9-17)23-12-13-29-19-11-7-6-10-18(19)22;/h3-11H,12-15H2,1-2H3,(H2,23,24,25);1H. The van der Waals surface area contributed by atoms with Crippen molar-refractivity contribution >= 4 is 41.5 Å². The number of ether oxygens (including phenoxy) is 1. The topological polar surface area (TPSA) is 76.4 Å². The summed E-state index contributed by atoms with van der Waals surface area (Å²) in [5, 5.41) is 15.5. The van der Waals surface area contributed by atoms with E-state index in [0.29, 0.717) is 43.0 Å². The summed E-state index contributed by atoms with van der Waals surface area (Å²) >= 11 is 6.12. The van der Waals surface area contributed by atoms with Crippen molar-refractivity contribution in [3.8, 4) is 5.75 Å². The summed E-state index contributed by atoms with van der Waals surface area (Å²) in [4.78, 5) is 4.66. The first-order valence-electron chi connectivity index (χ1n) is 9.42. The second-order valence-electron chi connectivity index (χ2n) is 6.43. The van der Waals surface area contributed by atoms with Crippen LogP contribution in [0.1, 0.15) is 17.2 Å². The molecule has 0 aliphatic heterocycles. The van der Waals surface area contributed by atoms with Crippen LogP contribution in [0.25, 0.3) is 0 Å². The van der Waals surface area contributed by atoms with Crippen LogP contribution in [0.4, 0.5) is 0 Å². The Morgan fingerprint density at radius 1 is 1.07 bits per heavy atom. The van der Waals surface area contributed by atoms with Crippen LogP contribution >= 0.6 is 35.6 Å². The largest absolute Gasteiger partial charge is 0.490 e. The summed E-state index contributed by atoms with van der Waals surface area (Å²) in [5.74, 6) is 3.05. The second-order valence-corrected chi connectivity index (χ2v) is 6.84. The average molecular weight is 541 g/mol. The molecule has 0 aliphatic carbocycles. The van der Waals surface area contributed by atoms with Gasteiger partial charge in [-0.3, -0.25) is 0 Å². The van der Waals surface area contributed by atoms with Gasteiger partial charge in [0.25, 0.3) is 0 Å². The van der Waals surface area contributed by atoms with E-state index in [0.717, 1.165) is 17.2 Å². The van der Waals surface area contributed by atoms with Gasteiger partial charge in [-0.25, -0.2) is 4.99 Å². The Morgan fingerprint density at radius 2 is 1.80 bits per heavy atom. The van der Waals surface area contributed by atoms with Crippen molar-refractivity contribution < 1.29 is 4.74 Å². The summed E-state index contributed by atoms with van der Waals surface area (Å²) in [6.45, 7) is 4.04. The lowest BCUT2D eigenvalue weighted by molar-refractivity contribution is 0.322. The van der Waals surface area contributed by atoms with Gasteiger partial charge in [0.05, 0.1) is 24.7 Å². The molecule has 0 saturated carbocycles. The molecule has 0 spiro atoms. The number of nitrogens with one attached hydrogen (secondary N) is 2. The zero-order valence-corrected chi connectivity index (χ0v) is 20.1. The zero-order valence-electron chi connectivity index (χ0n) is 17.0. The number of benzene rings is 2. The maximum absolute atomic E-state index is 6.12. The third-order valence-electron chi connectivity index (χ3n) is 4.35. The van der Waals surface area contributed by atoms with Gasteiger partial charge in [-0.1, -0.05) is 54.1 Å². The maximum atomic E-state index is 6.12. The minimum absolute atomic E-state index is 0. The predicted molar refractivity (Wildman–Crippen MR) is 131 cm³/mol. The fraction of sp³-hybridized carbons (Fsp3) is 0.286. The number of halogens is 2. The van der Waals surface area contributed by atoms with E-state index < -0.39 is 0 Å². The van der Waals surface area contributed by atoms with Crippen molar-refractivity contribution in [1.82, 2.24) is 25.4 Å². The molecule has 0 fully saturated rings. The minimum Gasteiger partial charge on any atom is -0.490 e. The number of aryl methyl sites for hydroxylation is 1. The van der Waals surface area contributed by atoms with Crippen LogP contribution in [-0.2, 0) is 20.1 Å². The van der Waals surface area contributed by atoms with E-state index in [2.05, 4.69) is 25.8 Å².